The highest BCUT2D eigenvalue weighted by atomic mass is 31.1. The Morgan fingerprint density at radius 3 is 2.50 bits per heavy atom. The molecule has 0 aliphatic carbocycles. The second kappa shape index (κ2) is 2.82. The molecule has 1 unspecified atom stereocenters. The first-order valence-electron chi connectivity index (χ1n) is 1.29. The molecule has 1 N–H and O–H groups in total. The van der Waals surface area contributed by atoms with E-state index in [0.717, 1.165) is 6.20 Å². The molecule has 0 aliphatic heterocycles. The van der Waals surface area contributed by atoms with E-state index in [0.29, 0.717) is 0 Å². The van der Waals surface area contributed by atoms with Gasteiger partial charge in [0.1, 0.15) is 0 Å². The minimum absolute atomic E-state index is 1.10. The van der Waals surface area contributed by atoms with Gasteiger partial charge >= 0.3 is 8.18 Å². The molecule has 4 heteroatoms. The number of hydrogen-bond donors (Lipinski definition) is 1. The van der Waals surface area contributed by atoms with Gasteiger partial charge in [-0.05, 0) is 4.57 Å². The molecular formula is C2H4NO2P. The highest BCUT2D eigenvalue weighted by Gasteiger charge is 1.84. The van der Waals surface area contributed by atoms with E-state index in [1.54, 1.807) is 0 Å². The first-order valence-corrected chi connectivity index (χ1v) is 2.46. The van der Waals surface area contributed by atoms with Crippen LogP contribution in [0.4, 0.5) is 0 Å². The zero-order valence-corrected chi connectivity index (χ0v) is 3.94. The van der Waals surface area contributed by atoms with Crippen LogP contribution in [0.3, 0.4) is 0 Å². The van der Waals surface area contributed by atoms with Gasteiger partial charge < -0.3 is 4.89 Å². The lowest BCUT2D eigenvalue weighted by Crippen LogP contribution is -1.99. The molecule has 0 saturated heterocycles. The largest absolute Gasteiger partial charge is 0.573 e. The molecule has 0 aromatic carbocycles. The molecule has 0 heterocycles. The Morgan fingerprint density at radius 2 is 2.50 bits per heavy atom. The molecule has 0 aliphatic rings. The van der Waals surface area contributed by atoms with Crippen LogP contribution in [0.1, 0.15) is 0 Å². The van der Waals surface area contributed by atoms with E-state index in [2.05, 4.69) is 6.58 Å². The Labute approximate surface area is 36.6 Å². The lowest BCUT2D eigenvalue weighted by atomic mass is 11.1. The summed E-state index contributed by atoms with van der Waals surface area (Å²) in [7, 11) is -2.47. The molecule has 6 heavy (non-hydrogen) atoms. The van der Waals surface area contributed by atoms with E-state index >= 15 is 0 Å². The molecule has 0 rings (SSSR count). The average molecular weight is 105 g/mol. The number of hydrogen-bond acceptors (Lipinski definition) is 2. The van der Waals surface area contributed by atoms with Gasteiger partial charge in [-0.25, -0.2) is 0 Å². The van der Waals surface area contributed by atoms with Gasteiger partial charge in [0.15, 0.2) is 0 Å². The fourth-order valence-electron chi connectivity index (χ4n) is 0.0745. The summed E-state index contributed by atoms with van der Waals surface area (Å²) in [5.74, 6) is 0. The molecule has 0 saturated carbocycles. The summed E-state index contributed by atoms with van der Waals surface area (Å²) in [6.45, 7) is 3.11. The summed E-state index contributed by atoms with van der Waals surface area (Å²) in [5.41, 5.74) is 0. The van der Waals surface area contributed by atoms with Gasteiger partial charge in [-0.3, -0.25) is 0 Å². The Bertz CT molecular complexity index is 71.9. The minimum Gasteiger partial charge on any atom is -0.573 e. The maximum Gasteiger partial charge on any atom is 0.436 e. The van der Waals surface area contributed by atoms with Crippen molar-refractivity contribution in [2.45, 2.75) is 0 Å². The highest BCUT2D eigenvalue weighted by molar-refractivity contribution is 7.34. The van der Waals surface area contributed by atoms with Crippen LogP contribution in [0.25, 0.3) is 0 Å². The lowest BCUT2D eigenvalue weighted by Gasteiger charge is -1.77. The van der Waals surface area contributed by atoms with Gasteiger partial charge in [0.05, 0.1) is 0 Å². The summed E-state index contributed by atoms with van der Waals surface area (Å²) in [6, 6.07) is 0. The number of rotatable bonds is 2. The number of nitrogens with one attached hydrogen (secondary N) is 1. The van der Waals surface area contributed by atoms with Gasteiger partial charge in [-0.15, -0.1) is 0 Å². The van der Waals surface area contributed by atoms with Crippen molar-refractivity contribution in [2.24, 2.45) is 0 Å². The normalized spacial score (nSPS) is 9.83. The molecule has 0 bridgehead atoms. The third kappa shape index (κ3) is 3.60. The molecule has 0 aromatic heterocycles. The maximum absolute atomic E-state index is 9.45. The third-order valence-electron chi connectivity index (χ3n) is 0.197. The van der Waals surface area contributed by atoms with Gasteiger partial charge in [-0.2, -0.15) is 5.09 Å². The van der Waals surface area contributed by atoms with Crippen molar-refractivity contribution in [2.75, 3.05) is 0 Å². The summed E-state index contributed by atoms with van der Waals surface area (Å²) < 4.78 is 9.45. The van der Waals surface area contributed by atoms with Crippen LogP contribution < -0.4 is 9.98 Å². The average Bonchev–Trinajstić information content (AvgIpc) is 1.35. The van der Waals surface area contributed by atoms with Crippen molar-refractivity contribution < 1.29 is 9.46 Å². The van der Waals surface area contributed by atoms with Crippen molar-refractivity contribution in [3.05, 3.63) is 12.8 Å². The monoisotopic (exact) mass is 105 g/mol. The molecule has 0 amide bonds. The van der Waals surface area contributed by atoms with Crippen LogP contribution >= 0.6 is 8.18 Å². The fourth-order valence-corrected chi connectivity index (χ4v) is 0.224. The third-order valence-corrected chi connectivity index (χ3v) is 0.590. The van der Waals surface area contributed by atoms with Gasteiger partial charge in [0.2, 0.25) is 0 Å². The van der Waals surface area contributed by atoms with Crippen LogP contribution in [-0.2, 0) is 4.57 Å². The van der Waals surface area contributed by atoms with E-state index in [9.17, 15) is 9.46 Å². The van der Waals surface area contributed by atoms with E-state index in [-0.39, 0.29) is 0 Å². The summed E-state index contributed by atoms with van der Waals surface area (Å²) in [5, 5.41) is 1.93. The van der Waals surface area contributed by atoms with Crippen LogP contribution in [-0.4, -0.2) is 0 Å². The summed E-state index contributed by atoms with van der Waals surface area (Å²) >= 11 is 0. The summed E-state index contributed by atoms with van der Waals surface area (Å²) in [4.78, 5) is 9.45. The van der Waals surface area contributed by atoms with Crippen molar-refractivity contribution in [3.8, 4) is 0 Å². The van der Waals surface area contributed by atoms with Crippen LogP contribution in [0.15, 0.2) is 12.8 Å². The van der Waals surface area contributed by atoms with E-state index < -0.39 is 8.18 Å². The Morgan fingerprint density at radius 1 is 2.00 bits per heavy atom. The summed E-state index contributed by atoms with van der Waals surface area (Å²) in [6.07, 6.45) is 1.10. The molecule has 3 nitrogen and oxygen atoms in total. The van der Waals surface area contributed by atoms with Gasteiger partial charge in [0, 0.05) is 6.20 Å². The Hall–Kier alpha value is -0.400. The first kappa shape index (κ1) is 5.60. The van der Waals surface area contributed by atoms with Crippen LogP contribution in [0, 0.1) is 0 Å². The van der Waals surface area contributed by atoms with Crippen LogP contribution in [0.2, 0.25) is 0 Å². The van der Waals surface area contributed by atoms with Crippen molar-refractivity contribution >= 4 is 8.18 Å². The zero-order valence-electron chi connectivity index (χ0n) is 3.05. The second-order valence-electron chi connectivity index (χ2n) is 0.590. The zero-order chi connectivity index (χ0) is 4.99. The lowest BCUT2D eigenvalue weighted by molar-refractivity contribution is -0.166. The van der Waals surface area contributed by atoms with Crippen molar-refractivity contribution in [3.63, 3.8) is 0 Å². The molecule has 34 valence electrons. The predicted molar refractivity (Wildman–Crippen MR) is 20.9 cm³/mol. The van der Waals surface area contributed by atoms with Crippen LogP contribution in [0.5, 0.6) is 0 Å². The fraction of sp³-hybridized carbons (Fsp3) is 0. The van der Waals surface area contributed by atoms with Gasteiger partial charge in [-0.1, -0.05) is 6.58 Å². The smallest absolute Gasteiger partial charge is 0.436 e. The Kier molecular flexibility index (Phi) is 2.63. The van der Waals surface area contributed by atoms with E-state index in [1.165, 1.54) is 0 Å². The van der Waals surface area contributed by atoms with Crippen molar-refractivity contribution in [1.82, 2.24) is 5.09 Å². The Balaban J connectivity index is 3.05. The standard InChI is InChI=1S/C2H4NO2P/c1-2-3-6(4)5/h2H,1H2,(H,3,4,5). The first-order chi connectivity index (χ1) is 2.77. The van der Waals surface area contributed by atoms with E-state index in [1.807, 2.05) is 5.09 Å². The molecule has 0 aromatic rings. The SMILES string of the molecule is C=CN[P+](=O)[O-]. The maximum atomic E-state index is 9.45. The topological polar surface area (TPSA) is 52.2 Å². The second-order valence-corrected chi connectivity index (χ2v) is 1.36. The molecule has 0 spiro atoms. The molecule has 0 fully saturated rings. The molecular weight excluding hydrogens is 101 g/mol. The minimum atomic E-state index is -2.47. The van der Waals surface area contributed by atoms with Gasteiger partial charge in [0.25, 0.3) is 0 Å². The predicted octanol–water partition coefficient (Wildman–Crippen LogP) is -0.263. The van der Waals surface area contributed by atoms with Crippen molar-refractivity contribution in [1.29, 1.82) is 0 Å². The quantitative estimate of drug-likeness (QED) is 0.492. The van der Waals surface area contributed by atoms with E-state index in [4.69, 9.17) is 0 Å². The molecule has 1 atom stereocenters. The molecule has 0 radical (unpaired) electrons. The highest BCUT2D eigenvalue weighted by Crippen LogP contribution is 1.93.